The molecule has 21 heavy (non-hydrogen) atoms. The summed E-state index contributed by atoms with van der Waals surface area (Å²) in [6, 6.07) is 3.73. The highest BCUT2D eigenvalue weighted by Gasteiger charge is 2.62. The summed E-state index contributed by atoms with van der Waals surface area (Å²) in [4.78, 5) is 13.4. The molecule has 2 atom stereocenters. The van der Waals surface area contributed by atoms with Crippen molar-refractivity contribution >= 4 is 41.3 Å². The average molecular weight is 353 g/mol. The molecule has 1 heterocycles. The molecule has 0 spiro atoms. The molecular formula is C14H22Cl2N2O2S. The van der Waals surface area contributed by atoms with E-state index in [1.807, 2.05) is 32.9 Å². The zero-order chi connectivity index (χ0) is 15.0. The summed E-state index contributed by atoms with van der Waals surface area (Å²) >= 11 is 7.33. The van der Waals surface area contributed by atoms with Gasteiger partial charge in [0.15, 0.2) is 0 Å². The summed E-state index contributed by atoms with van der Waals surface area (Å²) < 4.78 is 6.35. The smallest absolute Gasteiger partial charge is 0.241 e. The fourth-order valence-electron chi connectivity index (χ4n) is 2.59. The van der Waals surface area contributed by atoms with E-state index in [0.29, 0.717) is 19.6 Å². The molecule has 0 saturated heterocycles. The van der Waals surface area contributed by atoms with Crippen LogP contribution in [0, 0.1) is 5.41 Å². The van der Waals surface area contributed by atoms with E-state index in [1.54, 1.807) is 0 Å². The molecule has 0 radical (unpaired) electrons. The first kappa shape index (κ1) is 18.7. The molecular weight excluding hydrogens is 331 g/mol. The van der Waals surface area contributed by atoms with Gasteiger partial charge in [-0.2, -0.15) is 0 Å². The maximum Gasteiger partial charge on any atom is 0.241 e. The monoisotopic (exact) mass is 352 g/mol. The Hall–Kier alpha value is -0.330. The van der Waals surface area contributed by atoms with E-state index in [1.165, 1.54) is 11.3 Å². The minimum Gasteiger partial charge on any atom is -0.378 e. The van der Waals surface area contributed by atoms with Gasteiger partial charge in [-0.1, -0.05) is 25.4 Å². The topological polar surface area (TPSA) is 64.3 Å². The molecule has 0 aliphatic heterocycles. The lowest BCUT2D eigenvalue weighted by atomic mass is 9.54. The number of carbonyl (C=O) groups is 1. The van der Waals surface area contributed by atoms with E-state index in [2.05, 4.69) is 5.32 Å². The van der Waals surface area contributed by atoms with Crippen molar-refractivity contribution in [2.75, 3.05) is 6.61 Å². The van der Waals surface area contributed by atoms with Crippen LogP contribution in [0.1, 0.15) is 32.1 Å². The largest absolute Gasteiger partial charge is 0.378 e. The molecule has 0 bridgehead atoms. The SMILES string of the molecule is CCOC1CC(N)(C(=O)NCc2ccc(Cl)s2)C1(C)C.Cl. The minimum atomic E-state index is -0.867. The Morgan fingerprint density at radius 3 is 2.71 bits per heavy atom. The number of carbonyl (C=O) groups excluding carboxylic acids is 1. The zero-order valence-electron chi connectivity index (χ0n) is 12.4. The molecule has 1 saturated carbocycles. The van der Waals surface area contributed by atoms with Crippen LogP contribution >= 0.6 is 35.3 Å². The third-order valence-electron chi connectivity index (χ3n) is 4.29. The summed E-state index contributed by atoms with van der Waals surface area (Å²) in [5.74, 6) is -0.122. The quantitative estimate of drug-likeness (QED) is 0.855. The van der Waals surface area contributed by atoms with Crippen LogP contribution in [0.5, 0.6) is 0 Å². The first-order valence-corrected chi connectivity index (χ1v) is 7.93. The van der Waals surface area contributed by atoms with E-state index in [4.69, 9.17) is 22.1 Å². The number of thiophene rings is 1. The van der Waals surface area contributed by atoms with E-state index in [9.17, 15) is 4.79 Å². The van der Waals surface area contributed by atoms with Crippen LogP contribution in [0.2, 0.25) is 4.34 Å². The lowest BCUT2D eigenvalue weighted by molar-refractivity contribution is -0.170. The summed E-state index contributed by atoms with van der Waals surface area (Å²) in [5, 5.41) is 2.91. The first-order valence-electron chi connectivity index (χ1n) is 6.74. The van der Waals surface area contributed by atoms with Gasteiger partial charge in [-0.3, -0.25) is 4.79 Å². The third-order valence-corrected chi connectivity index (χ3v) is 5.52. The van der Waals surface area contributed by atoms with E-state index < -0.39 is 5.54 Å². The highest BCUT2D eigenvalue weighted by molar-refractivity contribution is 7.16. The van der Waals surface area contributed by atoms with E-state index >= 15 is 0 Å². The summed E-state index contributed by atoms with van der Waals surface area (Å²) in [7, 11) is 0. The number of rotatable bonds is 5. The molecule has 120 valence electrons. The number of ether oxygens (including phenoxy) is 1. The number of amides is 1. The number of hydrogen-bond donors (Lipinski definition) is 2. The van der Waals surface area contributed by atoms with Crippen LogP contribution in [0.4, 0.5) is 0 Å². The molecule has 3 N–H and O–H groups in total. The molecule has 1 aromatic heterocycles. The first-order chi connectivity index (χ1) is 9.31. The highest BCUT2D eigenvalue weighted by atomic mass is 35.5. The van der Waals surface area contributed by atoms with Crippen molar-refractivity contribution in [3.63, 3.8) is 0 Å². The van der Waals surface area contributed by atoms with Crippen LogP contribution in [0.15, 0.2) is 12.1 Å². The van der Waals surface area contributed by atoms with Gasteiger partial charge in [0.2, 0.25) is 5.91 Å². The van der Waals surface area contributed by atoms with Crippen molar-refractivity contribution in [3.8, 4) is 0 Å². The molecule has 0 aromatic carbocycles. The van der Waals surface area contributed by atoms with E-state index in [-0.39, 0.29) is 29.8 Å². The molecule has 2 rings (SSSR count). The van der Waals surface area contributed by atoms with Crippen LogP contribution in [-0.2, 0) is 16.1 Å². The van der Waals surface area contributed by atoms with Gasteiger partial charge in [0.1, 0.15) is 5.54 Å². The second-order valence-electron chi connectivity index (χ2n) is 5.73. The summed E-state index contributed by atoms with van der Waals surface area (Å²) in [6.45, 7) is 7.02. The molecule has 1 aromatic rings. The maximum atomic E-state index is 12.4. The second-order valence-corrected chi connectivity index (χ2v) is 7.53. The van der Waals surface area contributed by atoms with Gasteiger partial charge in [-0.05, 0) is 19.1 Å². The fourth-order valence-corrected chi connectivity index (χ4v) is 3.62. The van der Waals surface area contributed by atoms with Gasteiger partial charge in [0.25, 0.3) is 0 Å². The van der Waals surface area contributed by atoms with Gasteiger partial charge in [-0.25, -0.2) is 0 Å². The maximum absolute atomic E-state index is 12.4. The normalized spacial score (nSPS) is 26.6. The zero-order valence-corrected chi connectivity index (χ0v) is 14.8. The predicted molar refractivity (Wildman–Crippen MR) is 89.2 cm³/mol. The summed E-state index contributed by atoms with van der Waals surface area (Å²) in [5.41, 5.74) is 5.07. The Morgan fingerprint density at radius 1 is 1.57 bits per heavy atom. The second kappa shape index (κ2) is 6.84. The van der Waals surface area contributed by atoms with Crippen LogP contribution < -0.4 is 11.1 Å². The van der Waals surface area contributed by atoms with Gasteiger partial charge >= 0.3 is 0 Å². The third kappa shape index (κ3) is 3.37. The van der Waals surface area contributed by atoms with Crippen molar-refractivity contribution in [2.45, 2.75) is 45.4 Å². The molecule has 1 amide bonds. The van der Waals surface area contributed by atoms with E-state index in [0.717, 1.165) is 9.21 Å². The number of nitrogens with two attached hydrogens (primary N) is 1. The Morgan fingerprint density at radius 2 is 2.24 bits per heavy atom. The number of halogens is 2. The fraction of sp³-hybridized carbons (Fsp3) is 0.643. The van der Waals surface area contributed by atoms with Gasteiger partial charge < -0.3 is 15.8 Å². The van der Waals surface area contributed by atoms with Crippen LogP contribution in [0.3, 0.4) is 0 Å². The Balaban J connectivity index is 0.00000220. The van der Waals surface area contributed by atoms with Crippen molar-refractivity contribution in [2.24, 2.45) is 11.1 Å². The van der Waals surface area contributed by atoms with Crippen molar-refractivity contribution in [3.05, 3.63) is 21.3 Å². The Kier molecular flexibility index (Phi) is 6.09. The van der Waals surface area contributed by atoms with Crippen molar-refractivity contribution < 1.29 is 9.53 Å². The minimum absolute atomic E-state index is 0. The molecule has 1 aliphatic carbocycles. The standard InChI is InChI=1S/C14H21ClN2O2S.ClH/c1-4-19-10-7-14(16,13(10,2)3)12(18)17-8-9-5-6-11(15)20-9;/h5-6,10H,4,7-8,16H2,1-3H3,(H,17,18);1H. The average Bonchev–Trinajstić information content (AvgIpc) is 2.81. The van der Waals surface area contributed by atoms with Gasteiger partial charge in [0.05, 0.1) is 17.0 Å². The highest BCUT2D eigenvalue weighted by Crippen LogP contribution is 2.49. The molecule has 4 nitrogen and oxygen atoms in total. The van der Waals surface area contributed by atoms with Gasteiger partial charge in [-0.15, -0.1) is 23.7 Å². The number of hydrogen-bond acceptors (Lipinski definition) is 4. The van der Waals surface area contributed by atoms with Gasteiger partial charge in [0, 0.05) is 23.3 Å². The molecule has 7 heteroatoms. The lowest BCUT2D eigenvalue weighted by Gasteiger charge is -2.57. The number of nitrogens with one attached hydrogen (secondary N) is 1. The molecule has 2 unspecified atom stereocenters. The Labute approximate surface area is 140 Å². The van der Waals surface area contributed by atoms with Crippen LogP contribution in [0.25, 0.3) is 0 Å². The molecule has 1 fully saturated rings. The lowest BCUT2D eigenvalue weighted by Crippen LogP contribution is -2.75. The van der Waals surface area contributed by atoms with Crippen molar-refractivity contribution in [1.82, 2.24) is 5.32 Å². The predicted octanol–water partition coefficient (Wildman–Crippen LogP) is 2.97. The van der Waals surface area contributed by atoms with Crippen molar-refractivity contribution in [1.29, 1.82) is 0 Å². The molecule has 1 aliphatic rings. The summed E-state index contributed by atoms with van der Waals surface area (Å²) in [6.07, 6.45) is 0.602. The van der Waals surface area contributed by atoms with Crippen LogP contribution in [-0.4, -0.2) is 24.2 Å². The Bertz CT molecular complexity index is 507.